The normalized spacial score (nSPS) is 10.6. The summed E-state index contributed by atoms with van der Waals surface area (Å²) >= 11 is 9.02. The quantitative estimate of drug-likeness (QED) is 0.351. The van der Waals surface area contributed by atoms with Crippen molar-refractivity contribution < 1.29 is 10.0 Å². The molecular weight excluding hydrogens is 294 g/mol. The number of hydrogen-bond donors (Lipinski definition) is 3. The fraction of sp³-hybridized carbons (Fsp3) is 0.200. The molecule has 2 amide bonds. The molecule has 2 aromatic rings. The molecule has 0 unspecified atom stereocenters. The molecule has 5 nitrogen and oxygen atoms in total. The van der Waals surface area contributed by atoms with Gasteiger partial charge in [0.25, 0.3) is 0 Å². The molecule has 1 aromatic heterocycles. The number of nitrogens with one attached hydrogen (secondary N) is 2. The van der Waals surface area contributed by atoms with Gasteiger partial charge in [-0.1, -0.05) is 23.4 Å². The second-order valence-electron chi connectivity index (χ2n) is 3.31. The van der Waals surface area contributed by atoms with E-state index in [2.05, 4.69) is 10.3 Å². The Morgan fingerprint density at radius 2 is 2.39 bits per heavy atom. The van der Waals surface area contributed by atoms with Crippen LogP contribution in [0.15, 0.2) is 22.5 Å². The summed E-state index contributed by atoms with van der Waals surface area (Å²) in [5, 5.41) is 11.4. The first-order valence-electron chi connectivity index (χ1n) is 5.06. The molecule has 18 heavy (non-hydrogen) atoms. The first-order chi connectivity index (χ1) is 8.69. The lowest BCUT2D eigenvalue weighted by molar-refractivity contribution is 0.162. The van der Waals surface area contributed by atoms with Crippen molar-refractivity contribution in [2.45, 2.75) is 4.34 Å². The zero-order valence-corrected chi connectivity index (χ0v) is 11.5. The summed E-state index contributed by atoms with van der Waals surface area (Å²) in [6.45, 7) is 0.452. The molecule has 0 aliphatic rings. The number of carbonyl (C=O) groups excluding carboxylic acids is 1. The molecule has 0 fully saturated rings. The van der Waals surface area contributed by atoms with E-state index >= 15 is 0 Å². The predicted molar refractivity (Wildman–Crippen MR) is 73.7 cm³/mol. The smallest absolute Gasteiger partial charge is 0.336 e. The Labute approximate surface area is 117 Å². The molecule has 0 atom stereocenters. The lowest BCUT2D eigenvalue weighted by Crippen LogP contribution is -2.34. The van der Waals surface area contributed by atoms with Gasteiger partial charge < -0.3 is 5.32 Å². The molecule has 0 saturated heterocycles. The molecular formula is C10H10ClN3O2S2. The number of thioether (sulfide) groups is 1. The zero-order chi connectivity index (χ0) is 13.0. The molecule has 0 saturated carbocycles. The van der Waals surface area contributed by atoms with Crippen LogP contribution >= 0.6 is 34.7 Å². The Kier molecular flexibility index (Phi) is 4.65. The summed E-state index contributed by atoms with van der Waals surface area (Å²) in [7, 11) is 0. The fourth-order valence-electron chi connectivity index (χ4n) is 1.28. The monoisotopic (exact) mass is 303 g/mol. The number of hydrogen-bond acceptors (Lipinski definition) is 5. The van der Waals surface area contributed by atoms with Gasteiger partial charge in [0.2, 0.25) is 0 Å². The number of carbonyl (C=O) groups is 1. The SMILES string of the molecule is O=C(NO)NCCSc1nc2cc(Cl)ccc2s1. The summed E-state index contributed by atoms with van der Waals surface area (Å²) in [5.74, 6) is 0.682. The first kappa shape index (κ1) is 13.4. The molecule has 0 aliphatic heterocycles. The van der Waals surface area contributed by atoms with E-state index in [4.69, 9.17) is 16.8 Å². The number of aromatic nitrogens is 1. The van der Waals surface area contributed by atoms with Gasteiger partial charge >= 0.3 is 6.03 Å². The van der Waals surface area contributed by atoms with Crippen LogP contribution in [-0.2, 0) is 0 Å². The average Bonchev–Trinajstić information content (AvgIpc) is 2.76. The number of nitrogens with zero attached hydrogens (tertiary/aromatic N) is 1. The lowest BCUT2D eigenvalue weighted by atomic mass is 10.3. The van der Waals surface area contributed by atoms with Crippen LogP contribution in [0.25, 0.3) is 10.2 Å². The van der Waals surface area contributed by atoms with Gasteiger partial charge in [0.1, 0.15) is 0 Å². The molecule has 0 spiro atoms. The minimum absolute atomic E-state index is 0.452. The maximum atomic E-state index is 10.7. The van der Waals surface area contributed by atoms with Crippen molar-refractivity contribution in [1.82, 2.24) is 15.8 Å². The third-order valence-electron chi connectivity index (χ3n) is 2.04. The highest BCUT2D eigenvalue weighted by atomic mass is 35.5. The van der Waals surface area contributed by atoms with E-state index in [0.29, 0.717) is 17.3 Å². The van der Waals surface area contributed by atoms with E-state index in [1.807, 2.05) is 18.2 Å². The van der Waals surface area contributed by atoms with E-state index < -0.39 is 6.03 Å². The molecule has 8 heteroatoms. The van der Waals surface area contributed by atoms with E-state index in [1.54, 1.807) is 23.1 Å². The Hall–Kier alpha value is -1.02. The van der Waals surface area contributed by atoms with Crippen LogP contribution in [0.1, 0.15) is 0 Å². The van der Waals surface area contributed by atoms with Crippen LogP contribution in [0.5, 0.6) is 0 Å². The number of fused-ring (bicyclic) bond motifs is 1. The molecule has 0 bridgehead atoms. The van der Waals surface area contributed by atoms with E-state index in [1.165, 1.54) is 5.48 Å². The van der Waals surface area contributed by atoms with Crippen molar-refractivity contribution in [2.75, 3.05) is 12.3 Å². The predicted octanol–water partition coefficient (Wildman–Crippen LogP) is 2.73. The van der Waals surface area contributed by atoms with Crippen molar-refractivity contribution in [3.63, 3.8) is 0 Å². The number of halogens is 1. The molecule has 3 N–H and O–H groups in total. The fourth-order valence-corrected chi connectivity index (χ4v) is 3.42. The van der Waals surface area contributed by atoms with Gasteiger partial charge in [-0.05, 0) is 18.2 Å². The summed E-state index contributed by atoms with van der Waals surface area (Å²) in [5.41, 5.74) is 2.39. The van der Waals surface area contributed by atoms with E-state index in [0.717, 1.165) is 14.6 Å². The Bertz CT molecular complexity index is 561. The van der Waals surface area contributed by atoms with Gasteiger partial charge in [0.05, 0.1) is 10.2 Å². The number of benzene rings is 1. The minimum atomic E-state index is -0.605. The van der Waals surface area contributed by atoms with Gasteiger partial charge in [-0.3, -0.25) is 5.21 Å². The van der Waals surface area contributed by atoms with Crippen LogP contribution in [0.2, 0.25) is 5.02 Å². The molecule has 0 aliphatic carbocycles. The lowest BCUT2D eigenvalue weighted by Gasteiger charge is -2.01. The first-order valence-corrected chi connectivity index (χ1v) is 7.24. The Morgan fingerprint density at radius 3 is 3.17 bits per heavy atom. The van der Waals surface area contributed by atoms with Crippen molar-refractivity contribution in [2.24, 2.45) is 0 Å². The highest BCUT2D eigenvalue weighted by Crippen LogP contribution is 2.30. The summed E-state index contributed by atoms with van der Waals surface area (Å²) < 4.78 is 2.02. The second kappa shape index (κ2) is 6.24. The number of amides is 2. The van der Waals surface area contributed by atoms with Gasteiger partial charge in [-0.25, -0.2) is 15.3 Å². The van der Waals surface area contributed by atoms with Crippen LogP contribution in [0, 0.1) is 0 Å². The van der Waals surface area contributed by atoms with Gasteiger partial charge in [-0.15, -0.1) is 11.3 Å². The Morgan fingerprint density at radius 1 is 1.56 bits per heavy atom. The number of thiazole rings is 1. The van der Waals surface area contributed by atoms with Crippen LogP contribution in [-0.4, -0.2) is 28.5 Å². The third-order valence-corrected chi connectivity index (χ3v) is 4.46. The zero-order valence-electron chi connectivity index (χ0n) is 9.14. The molecule has 2 rings (SSSR count). The number of hydroxylamine groups is 1. The number of urea groups is 1. The van der Waals surface area contributed by atoms with Crippen LogP contribution < -0.4 is 10.8 Å². The van der Waals surface area contributed by atoms with Crippen molar-refractivity contribution in [3.8, 4) is 0 Å². The molecule has 0 radical (unpaired) electrons. The molecule has 1 aromatic carbocycles. The average molecular weight is 304 g/mol. The highest BCUT2D eigenvalue weighted by molar-refractivity contribution is 8.01. The van der Waals surface area contributed by atoms with Crippen molar-refractivity contribution in [3.05, 3.63) is 23.2 Å². The highest BCUT2D eigenvalue weighted by Gasteiger charge is 2.05. The number of rotatable bonds is 4. The topological polar surface area (TPSA) is 74.2 Å². The third kappa shape index (κ3) is 3.49. The Balaban J connectivity index is 1.90. The van der Waals surface area contributed by atoms with Gasteiger partial charge in [0.15, 0.2) is 4.34 Å². The largest absolute Gasteiger partial charge is 0.338 e. The van der Waals surface area contributed by atoms with Crippen molar-refractivity contribution in [1.29, 1.82) is 0 Å². The van der Waals surface area contributed by atoms with Crippen LogP contribution in [0.4, 0.5) is 4.79 Å². The summed E-state index contributed by atoms with van der Waals surface area (Å²) in [6.07, 6.45) is 0. The van der Waals surface area contributed by atoms with Crippen LogP contribution in [0.3, 0.4) is 0 Å². The maximum absolute atomic E-state index is 10.7. The van der Waals surface area contributed by atoms with E-state index in [-0.39, 0.29) is 0 Å². The molecule has 1 heterocycles. The van der Waals surface area contributed by atoms with Crippen molar-refractivity contribution >= 4 is 50.9 Å². The summed E-state index contributed by atoms with van der Waals surface area (Å²) in [4.78, 5) is 15.1. The summed E-state index contributed by atoms with van der Waals surface area (Å²) in [6, 6.07) is 5.00. The van der Waals surface area contributed by atoms with Gasteiger partial charge in [0, 0.05) is 17.3 Å². The van der Waals surface area contributed by atoms with Gasteiger partial charge in [-0.2, -0.15) is 0 Å². The maximum Gasteiger partial charge on any atom is 0.338 e. The second-order valence-corrected chi connectivity index (χ2v) is 6.12. The minimum Gasteiger partial charge on any atom is -0.336 e. The standard InChI is InChI=1S/C10H10ClN3O2S2/c11-6-1-2-8-7(5-6)13-10(18-8)17-4-3-12-9(15)14-16/h1-2,5,16H,3-4H2,(H2,12,14,15). The van der Waals surface area contributed by atoms with E-state index in [9.17, 15) is 4.79 Å². The molecule has 96 valence electrons.